The zero-order valence-electron chi connectivity index (χ0n) is 14.6. The van der Waals surface area contributed by atoms with E-state index in [0.717, 1.165) is 29.0 Å². The SMILES string of the molecule is CCCC(N)C(=O)Nc1ccc(OCc2cccc(C)c2)cc1C. The summed E-state index contributed by atoms with van der Waals surface area (Å²) < 4.78 is 5.84. The first-order valence-corrected chi connectivity index (χ1v) is 8.35. The van der Waals surface area contributed by atoms with Crippen molar-refractivity contribution < 1.29 is 9.53 Å². The highest BCUT2D eigenvalue weighted by molar-refractivity contribution is 5.95. The molecular weight excluding hydrogens is 300 g/mol. The molecule has 1 unspecified atom stereocenters. The third kappa shape index (κ3) is 5.10. The van der Waals surface area contributed by atoms with Gasteiger partial charge in [0.2, 0.25) is 5.91 Å². The van der Waals surface area contributed by atoms with Crippen LogP contribution in [0.5, 0.6) is 5.75 Å². The summed E-state index contributed by atoms with van der Waals surface area (Å²) in [5.41, 5.74) is 9.92. The molecule has 0 saturated heterocycles. The van der Waals surface area contributed by atoms with Crippen molar-refractivity contribution >= 4 is 11.6 Å². The largest absolute Gasteiger partial charge is 0.489 e. The van der Waals surface area contributed by atoms with E-state index in [1.807, 2.05) is 44.2 Å². The van der Waals surface area contributed by atoms with Crippen LogP contribution in [0.2, 0.25) is 0 Å². The van der Waals surface area contributed by atoms with Crippen LogP contribution in [0.25, 0.3) is 0 Å². The number of aryl methyl sites for hydroxylation is 2. The van der Waals surface area contributed by atoms with Crippen LogP contribution in [0.3, 0.4) is 0 Å². The van der Waals surface area contributed by atoms with Crippen molar-refractivity contribution in [3.05, 3.63) is 59.2 Å². The first-order valence-electron chi connectivity index (χ1n) is 8.35. The van der Waals surface area contributed by atoms with Crippen molar-refractivity contribution in [3.63, 3.8) is 0 Å². The second kappa shape index (κ2) is 8.50. The number of ether oxygens (including phenoxy) is 1. The smallest absolute Gasteiger partial charge is 0.241 e. The molecule has 0 aliphatic carbocycles. The van der Waals surface area contributed by atoms with Gasteiger partial charge in [-0.2, -0.15) is 0 Å². The minimum absolute atomic E-state index is 0.145. The third-order valence-electron chi connectivity index (χ3n) is 3.88. The van der Waals surface area contributed by atoms with E-state index in [-0.39, 0.29) is 5.91 Å². The number of amides is 1. The summed E-state index contributed by atoms with van der Waals surface area (Å²) in [6, 6.07) is 13.4. The molecule has 0 saturated carbocycles. The van der Waals surface area contributed by atoms with Gasteiger partial charge in [-0.15, -0.1) is 0 Å². The van der Waals surface area contributed by atoms with Crippen LogP contribution in [-0.2, 0) is 11.4 Å². The van der Waals surface area contributed by atoms with Crippen molar-refractivity contribution in [2.45, 2.75) is 46.3 Å². The molecule has 0 aliphatic heterocycles. The fourth-order valence-corrected chi connectivity index (χ4v) is 2.50. The van der Waals surface area contributed by atoms with Crippen LogP contribution < -0.4 is 15.8 Å². The molecule has 3 N–H and O–H groups in total. The lowest BCUT2D eigenvalue weighted by Gasteiger charge is -2.14. The lowest BCUT2D eigenvalue weighted by atomic mass is 10.1. The van der Waals surface area contributed by atoms with E-state index >= 15 is 0 Å². The molecule has 0 spiro atoms. The van der Waals surface area contributed by atoms with Gasteiger partial charge in [0.05, 0.1) is 6.04 Å². The Morgan fingerprint density at radius 1 is 1.21 bits per heavy atom. The molecule has 2 aromatic carbocycles. The number of carbonyl (C=O) groups is 1. The minimum atomic E-state index is -0.466. The normalized spacial score (nSPS) is 11.8. The molecule has 0 bridgehead atoms. The molecule has 0 aromatic heterocycles. The number of hydrogen-bond donors (Lipinski definition) is 2. The third-order valence-corrected chi connectivity index (χ3v) is 3.88. The van der Waals surface area contributed by atoms with E-state index in [2.05, 4.69) is 24.4 Å². The average Bonchev–Trinajstić information content (AvgIpc) is 2.55. The molecule has 0 radical (unpaired) electrons. The van der Waals surface area contributed by atoms with Gasteiger partial charge >= 0.3 is 0 Å². The van der Waals surface area contributed by atoms with Gasteiger partial charge in [0.1, 0.15) is 12.4 Å². The van der Waals surface area contributed by atoms with Gasteiger partial charge < -0.3 is 15.8 Å². The molecular formula is C20H26N2O2. The van der Waals surface area contributed by atoms with E-state index in [9.17, 15) is 4.79 Å². The first kappa shape index (κ1) is 18.0. The molecule has 2 aromatic rings. The first-order chi connectivity index (χ1) is 11.5. The molecule has 4 nitrogen and oxygen atoms in total. The quantitative estimate of drug-likeness (QED) is 0.810. The Morgan fingerprint density at radius 2 is 2.00 bits per heavy atom. The van der Waals surface area contributed by atoms with E-state index in [0.29, 0.717) is 13.0 Å². The summed E-state index contributed by atoms with van der Waals surface area (Å²) in [7, 11) is 0. The maximum atomic E-state index is 12.0. The van der Waals surface area contributed by atoms with Crippen molar-refractivity contribution in [3.8, 4) is 5.75 Å². The van der Waals surface area contributed by atoms with Crippen molar-refractivity contribution in [2.75, 3.05) is 5.32 Å². The zero-order valence-corrected chi connectivity index (χ0v) is 14.6. The molecule has 1 amide bonds. The number of benzene rings is 2. The highest BCUT2D eigenvalue weighted by atomic mass is 16.5. The molecule has 0 aliphatic rings. The van der Waals surface area contributed by atoms with Gasteiger partial charge in [0.15, 0.2) is 0 Å². The second-order valence-corrected chi connectivity index (χ2v) is 6.14. The Balaban J connectivity index is 1.97. The standard InChI is InChI=1S/C20H26N2O2/c1-4-6-18(21)20(23)22-19-10-9-17(12-15(19)3)24-13-16-8-5-7-14(2)11-16/h5,7-12,18H,4,6,13,21H2,1-3H3,(H,22,23). The summed E-state index contributed by atoms with van der Waals surface area (Å²) in [5, 5.41) is 2.88. The Morgan fingerprint density at radius 3 is 2.67 bits per heavy atom. The van der Waals surface area contributed by atoms with Crippen LogP contribution in [0.1, 0.15) is 36.5 Å². The van der Waals surface area contributed by atoms with Crippen LogP contribution in [-0.4, -0.2) is 11.9 Å². The molecule has 4 heteroatoms. The number of carbonyl (C=O) groups excluding carboxylic acids is 1. The van der Waals surface area contributed by atoms with Gasteiger partial charge in [-0.1, -0.05) is 43.2 Å². The Labute approximate surface area is 144 Å². The van der Waals surface area contributed by atoms with Crippen LogP contribution in [0, 0.1) is 13.8 Å². The van der Waals surface area contributed by atoms with Gasteiger partial charge in [-0.3, -0.25) is 4.79 Å². The number of rotatable bonds is 7. The number of hydrogen-bond acceptors (Lipinski definition) is 3. The van der Waals surface area contributed by atoms with Gasteiger partial charge in [-0.05, 0) is 49.6 Å². The summed E-state index contributed by atoms with van der Waals surface area (Å²) in [6.07, 6.45) is 1.57. The predicted molar refractivity (Wildman–Crippen MR) is 98.2 cm³/mol. The van der Waals surface area contributed by atoms with Crippen molar-refractivity contribution in [2.24, 2.45) is 5.73 Å². The maximum Gasteiger partial charge on any atom is 0.241 e. The number of nitrogens with one attached hydrogen (secondary N) is 1. The van der Waals surface area contributed by atoms with E-state index in [1.54, 1.807) is 0 Å². The molecule has 24 heavy (non-hydrogen) atoms. The van der Waals surface area contributed by atoms with Crippen LogP contribution >= 0.6 is 0 Å². The highest BCUT2D eigenvalue weighted by Gasteiger charge is 2.13. The van der Waals surface area contributed by atoms with E-state index in [1.165, 1.54) is 5.56 Å². The molecule has 0 fully saturated rings. The number of anilines is 1. The highest BCUT2D eigenvalue weighted by Crippen LogP contribution is 2.22. The molecule has 1 atom stereocenters. The minimum Gasteiger partial charge on any atom is -0.489 e. The van der Waals surface area contributed by atoms with Crippen molar-refractivity contribution in [1.82, 2.24) is 0 Å². The second-order valence-electron chi connectivity index (χ2n) is 6.14. The van der Waals surface area contributed by atoms with Crippen LogP contribution in [0.4, 0.5) is 5.69 Å². The fraction of sp³-hybridized carbons (Fsp3) is 0.350. The summed E-state index contributed by atoms with van der Waals surface area (Å²) >= 11 is 0. The maximum absolute atomic E-state index is 12.0. The zero-order chi connectivity index (χ0) is 17.5. The fourth-order valence-electron chi connectivity index (χ4n) is 2.50. The Kier molecular flexibility index (Phi) is 6.38. The van der Waals surface area contributed by atoms with E-state index in [4.69, 9.17) is 10.5 Å². The predicted octanol–water partition coefficient (Wildman–Crippen LogP) is 3.95. The monoisotopic (exact) mass is 326 g/mol. The lowest BCUT2D eigenvalue weighted by molar-refractivity contribution is -0.117. The van der Waals surface area contributed by atoms with Gasteiger partial charge in [0.25, 0.3) is 0 Å². The topological polar surface area (TPSA) is 64.4 Å². The molecule has 0 heterocycles. The van der Waals surface area contributed by atoms with Gasteiger partial charge in [0, 0.05) is 5.69 Å². The van der Waals surface area contributed by atoms with Gasteiger partial charge in [-0.25, -0.2) is 0 Å². The molecule has 128 valence electrons. The summed E-state index contributed by atoms with van der Waals surface area (Å²) in [5.74, 6) is 0.637. The Bertz CT molecular complexity index is 698. The average molecular weight is 326 g/mol. The lowest BCUT2D eigenvalue weighted by Crippen LogP contribution is -2.35. The molecule has 2 rings (SSSR count). The number of nitrogens with two attached hydrogens (primary N) is 1. The Hall–Kier alpha value is -2.33. The van der Waals surface area contributed by atoms with Crippen molar-refractivity contribution in [1.29, 1.82) is 0 Å². The summed E-state index contributed by atoms with van der Waals surface area (Å²) in [4.78, 5) is 12.0. The van der Waals surface area contributed by atoms with E-state index < -0.39 is 6.04 Å². The van der Waals surface area contributed by atoms with Crippen LogP contribution in [0.15, 0.2) is 42.5 Å². The summed E-state index contributed by atoms with van der Waals surface area (Å²) in [6.45, 7) is 6.54.